The molecular formula is C82H145NO8. The molecular weight excluding hydrogens is 1130 g/mol. The van der Waals surface area contributed by atoms with Crippen molar-refractivity contribution in [2.45, 2.75) is 360 Å². The number of allylic oxidation sites excluding steroid dienone is 16. The Morgan fingerprint density at radius 1 is 0.341 bits per heavy atom. The highest BCUT2D eigenvalue weighted by Crippen LogP contribution is 2.18. The van der Waals surface area contributed by atoms with Gasteiger partial charge in [0.15, 0.2) is 12.4 Å². The van der Waals surface area contributed by atoms with E-state index in [0.717, 1.165) is 77.0 Å². The number of carboxylic acid groups (broad SMARTS) is 1. The van der Waals surface area contributed by atoms with E-state index in [2.05, 4.69) is 111 Å². The van der Waals surface area contributed by atoms with Crippen LogP contribution in [0.3, 0.4) is 0 Å². The summed E-state index contributed by atoms with van der Waals surface area (Å²) in [6.07, 6.45) is 96.5. The van der Waals surface area contributed by atoms with Crippen LogP contribution in [0, 0.1) is 0 Å². The first-order valence-electron chi connectivity index (χ1n) is 38.4. The highest BCUT2D eigenvalue weighted by Gasteiger charge is 2.22. The summed E-state index contributed by atoms with van der Waals surface area (Å²) in [5.41, 5.74) is 0. The van der Waals surface area contributed by atoms with Gasteiger partial charge in [-0.3, -0.25) is 9.59 Å². The normalized spacial score (nSPS) is 13.2. The molecule has 0 aromatic rings. The monoisotopic (exact) mass is 1270 g/mol. The second-order valence-corrected chi connectivity index (χ2v) is 26.9. The van der Waals surface area contributed by atoms with Crippen molar-refractivity contribution in [3.05, 3.63) is 97.2 Å². The van der Waals surface area contributed by atoms with Gasteiger partial charge in [-0.2, -0.15) is 0 Å². The van der Waals surface area contributed by atoms with E-state index in [1.807, 2.05) is 21.1 Å². The zero-order chi connectivity index (χ0) is 66.1. The number of carbonyl (C=O) groups is 3. The van der Waals surface area contributed by atoms with Gasteiger partial charge in [-0.1, -0.05) is 336 Å². The minimum absolute atomic E-state index is 0.147. The second-order valence-electron chi connectivity index (χ2n) is 26.9. The van der Waals surface area contributed by atoms with E-state index >= 15 is 0 Å². The molecule has 0 N–H and O–H groups in total. The van der Waals surface area contributed by atoms with Crippen LogP contribution in [-0.2, 0) is 33.3 Å². The van der Waals surface area contributed by atoms with Crippen molar-refractivity contribution < 1.29 is 42.9 Å². The van der Waals surface area contributed by atoms with E-state index in [4.69, 9.17) is 18.9 Å². The van der Waals surface area contributed by atoms with Gasteiger partial charge in [0, 0.05) is 12.8 Å². The Kier molecular flexibility index (Phi) is 69.0. The summed E-state index contributed by atoms with van der Waals surface area (Å²) in [5, 5.41) is 11.8. The van der Waals surface area contributed by atoms with Crippen LogP contribution in [0.2, 0.25) is 0 Å². The average Bonchev–Trinajstić information content (AvgIpc) is 3.46. The topological polar surface area (TPSA) is 111 Å². The maximum Gasteiger partial charge on any atom is 0.306 e. The SMILES string of the molecule is CC/C=C\C/C=C\C/C=C\C/C=C\C/C=C\C/C=C\CCCCCCCCCCCCCCCCCCCCCCC(=O)OC(COC(=O)CCCCCCCCCCCCCCCCC/C=C\C/C=C\CCCCCCC)COC(OCC[N+](C)(C)C)C(=O)[O-]. The number of carboxylic acids is 1. The molecule has 2 atom stereocenters. The smallest absolute Gasteiger partial charge is 0.306 e. The van der Waals surface area contributed by atoms with Crippen molar-refractivity contribution in [3.63, 3.8) is 0 Å². The summed E-state index contributed by atoms with van der Waals surface area (Å²) < 4.78 is 22.9. The van der Waals surface area contributed by atoms with Crippen molar-refractivity contribution >= 4 is 17.9 Å². The lowest BCUT2D eigenvalue weighted by Crippen LogP contribution is -2.44. The number of nitrogens with zero attached hydrogens (tertiary/aromatic N) is 1. The number of likely N-dealkylation sites (N-methyl/N-ethyl adjacent to an activating group) is 1. The number of hydrogen-bond donors (Lipinski definition) is 0. The van der Waals surface area contributed by atoms with Crippen molar-refractivity contribution in [1.82, 2.24) is 0 Å². The third kappa shape index (κ3) is 73.5. The molecule has 0 aliphatic heterocycles. The molecule has 0 heterocycles. The van der Waals surface area contributed by atoms with Gasteiger partial charge in [-0.25, -0.2) is 0 Å². The fourth-order valence-corrected chi connectivity index (χ4v) is 11.0. The molecule has 0 bridgehead atoms. The van der Waals surface area contributed by atoms with Crippen LogP contribution >= 0.6 is 0 Å². The van der Waals surface area contributed by atoms with E-state index < -0.39 is 24.3 Å². The number of carbonyl (C=O) groups excluding carboxylic acids is 3. The Hall–Kier alpha value is -3.79. The number of quaternary nitrogens is 1. The van der Waals surface area contributed by atoms with E-state index in [1.54, 1.807) is 0 Å². The number of hydrogen-bond acceptors (Lipinski definition) is 8. The van der Waals surface area contributed by atoms with Gasteiger partial charge in [0.1, 0.15) is 13.2 Å². The molecule has 0 radical (unpaired) electrons. The predicted molar refractivity (Wildman–Crippen MR) is 389 cm³/mol. The lowest BCUT2D eigenvalue weighted by atomic mass is 10.0. The summed E-state index contributed by atoms with van der Waals surface area (Å²) in [6.45, 7) is 4.67. The minimum Gasteiger partial charge on any atom is -0.545 e. The number of rotatable bonds is 71. The minimum atomic E-state index is -1.62. The first kappa shape index (κ1) is 87.2. The molecule has 0 spiro atoms. The third-order valence-electron chi connectivity index (χ3n) is 16.8. The Bertz CT molecular complexity index is 1820. The van der Waals surface area contributed by atoms with Crippen molar-refractivity contribution in [1.29, 1.82) is 0 Å². The summed E-state index contributed by atoms with van der Waals surface area (Å²) in [4.78, 5) is 37.6. The van der Waals surface area contributed by atoms with Gasteiger partial charge in [-0.05, 0) is 96.3 Å². The van der Waals surface area contributed by atoms with E-state index in [0.29, 0.717) is 23.9 Å². The highest BCUT2D eigenvalue weighted by molar-refractivity contribution is 5.70. The van der Waals surface area contributed by atoms with Crippen LogP contribution in [0.4, 0.5) is 0 Å². The van der Waals surface area contributed by atoms with Gasteiger partial charge in [0.05, 0.1) is 40.3 Å². The molecule has 0 fully saturated rings. The standard InChI is InChI=1S/C82H145NO8/c1-6-8-10-12-14-16-18-20-22-24-26-28-30-32-34-35-36-37-38-39-40-41-42-43-44-45-47-49-51-53-55-57-59-61-63-65-67-69-71-73-80(85)91-78(77-90-82(81(86)87)88-75-74-83(3,4)5)76-89-79(84)72-70-68-66-64-62-60-58-56-54-52-50-48-46-33-31-29-27-25-23-21-19-17-15-13-11-9-7-2/h8,10,14,16,19-22,25-28,32,34,36-37,78,82H,6-7,9,11-13,15,17-18,23-24,29-31,33,35,38-77H2,1-5H3/b10-8-,16-14-,21-19-,22-20-,27-25-,28-26-,34-32-,37-36-. The molecule has 9 heteroatoms. The Morgan fingerprint density at radius 3 is 0.934 bits per heavy atom. The fraction of sp³-hybridized carbons (Fsp3) is 0.768. The summed E-state index contributed by atoms with van der Waals surface area (Å²) >= 11 is 0. The number of esters is 2. The maximum atomic E-state index is 13.0. The van der Waals surface area contributed by atoms with E-state index in [1.165, 1.54) is 238 Å². The second kappa shape index (κ2) is 72.0. The van der Waals surface area contributed by atoms with Crippen LogP contribution < -0.4 is 5.11 Å². The quantitative estimate of drug-likeness (QED) is 0.0195. The molecule has 0 aliphatic rings. The van der Waals surface area contributed by atoms with E-state index in [-0.39, 0.29) is 32.2 Å². The molecule has 0 aromatic heterocycles. The Labute approximate surface area is 562 Å². The summed E-state index contributed by atoms with van der Waals surface area (Å²) in [6, 6.07) is 0. The van der Waals surface area contributed by atoms with Crippen molar-refractivity contribution in [3.8, 4) is 0 Å². The molecule has 9 nitrogen and oxygen atoms in total. The predicted octanol–water partition coefficient (Wildman–Crippen LogP) is 23.0. The van der Waals surface area contributed by atoms with Gasteiger partial charge in [0.25, 0.3) is 0 Å². The van der Waals surface area contributed by atoms with Crippen LogP contribution in [0.15, 0.2) is 97.2 Å². The largest absolute Gasteiger partial charge is 0.545 e. The zero-order valence-electron chi connectivity index (χ0n) is 60.2. The lowest BCUT2D eigenvalue weighted by Gasteiger charge is -2.26. The average molecular weight is 1270 g/mol. The molecule has 0 aliphatic carbocycles. The summed E-state index contributed by atoms with van der Waals surface area (Å²) in [7, 11) is 5.94. The lowest BCUT2D eigenvalue weighted by molar-refractivity contribution is -0.870. The molecule has 0 rings (SSSR count). The van der Waals surface area contributed by atoms with Crippen molar-refractivity contribution in [2.75, 3.05) is 47.5 Å². The van der Waals surface area contributed by atoms with Crippen LogP contribution in [0.1, 0.15) is 348 Å². The van der Waals surface area contributed by atoms with Crippen LogP contribution in [-0.4, -0.2) is 82.3 Å². The molecule has 0 saturated heterocycles. The third-order valence-corrected chi connectivity index (χ3v) is 16.8. The molecule has 0 aromatic carbocycles. The number of unbranched alkanes of at least 4 members (excludes halogenated alkanes) is 40. The molecule has 2 unspecified atom stereocenters. The Balaban J connectivity index is 4.02. The highest BCUT2D eigenvalue weighted by atomic mass is 16.7. The number of aliphatic carboxylic acids is 1. The fourth-order valence-electron chi connectivity index (χ4n) is 11.0. The maximum absolute atomic E-state index is 13.0. The van der Waals surface area contributed by atoms with Crippen LogP contribution in [0.25, 0.3) is 0 Å². The molecule has 91 heavy (non-hydrogen) atoms. The van der Waals surface area contributed by atoms with Gasteiger partial charge in [-0.15, -0.1) is 0 Å². The number of ether oxygens (including phenoxy) is 4. The zero-order valence-corrected chi connectivity index (χ0v) is 60.2. The first-order chi connectivity index (χ1) is 44.6. The van der Waals surface area contributed by atoms with Gasteiger partial charge in [0.2, 0.25) is 0 Å². The van der Waals surface area contributed by atoms with Crippen molar-refractivity contribution in [2.24, 2.45) is 0 Å². The van der Waals surface area contributed by atoms with Crippen LogP contribution in [0.5, 0.6) is 0 Å². The molecule has 0 amide bonds. The molecule has 0 saturated carbocycles. The van der Waals surface area contributed by atoms with Gasteiger partial charge >= 0.3 is 11.9 Å². The molecule has 526 valence electrons. The summed E-state index contributed by atoms with van der Waals surface area (Å²) in [5.74, 6) is -2.26. The van der Waals surface area contributed by atoms with E-state index in [9.17, 15) is 19.5 Å². The van der Waals surface area contributed by atoms with Gasteiger partial charge < -0.3 is 33.3 Å². The Morgan fingerprint density at radius 2 is 0.626 bits per heavy atom. The first-order valence-corrected chi connectivity index (χ1v) is 38.4.